The first-order valence-electron chi connectivity index (χ1n) is 7.10. The quantitative estimate of drug-likeness (QED) is 0.589. The highest BCUT2D eigenvalue weighted by Gasteiger charge is 2.33. The maximum absolute atomic E-state index is 12.4. The van der Waals surface area contributed by atoms with E-state index in [2.05, 4.69) is 0 Å². The lowest BCUT2D eigenvalue weighted by Crippen LogP contribution is -2.39. The second-order valence-corrected chi connectivity index (χ2v) is 5.38. The summed E-state index contributed by atoms with van der Waals surface area (Å²) in [5, 5.41) is 9.16. The van der Waals surface area contributed by atoms with Gasteiger partial charge in [0.2, 0.25) is 0 Å². The predicted octanol–water partition coefficient (Wildman–Crippen LogP) is 2.23. The summed E-state index contributed by atoms with van der Waals surface area (Å²) in [7, 11) is 1.38. The highest BCUT2D eigenvalue weighted by Crippen LogP contribution is 2.29. The Morgan fingerprint density at radius 3 is 2.74 bits per heavy atom. The number of hydrogen-bond acceptors (Lipinski definition) is 4. The molecule has 0 saturated heterocycles. The molecule has 0 unspecified atom stereocenters. The van der Waals surface area contributed by atoms with Gasteiger partial charge in [-0.05, 0) is 36.3 Å². The molecule has 0 aromatic heterocycles. The number of amides is 2. The van der Waals surface area contributed by atoms with Crippen molar-refractivity contribution in [2.24, 2.45) is 0 Å². The summed E-state index contributed by atoms with van der Waals surface area (Å²) < 4.78 is 5.66. The van der Waals surface area contributed by atoms with Crippen LogP contribution in [0.5, 0.6) is 5.75 Å². The smallest absolute Gasteiger partial charge is 0.271 e. The standard InChI is InChI=1S/C18H14N2O3/c1-11-14(17(21)20(2)18(22)15(11)9-19)8-12-7-13-5-3-4-6-16(13)23-10-12/h3-8H,10H2,1-2H3/b14-8+. The molecule has 0 N–H and O–H groups in total. The minimum atomic E-state index is -0.564. The molecule has 0 atom stereocenters. The Hall–Kier alpha value is -3.13. The fourth-order valence-corrected chi connectivity index (χ4v) is 2.60. The third-order valence-corrected chi connectivity index (χ3v) is 3.93. The van der Waals surface area contributed by atoms with Crippen LogP contribution in [0.15, 0.2) is 52.6 Å². The van der Waals surface area contributed by atoms with E-state index in [-0.39, 0.29) is 5.57 Å². The van der Waals surface area contributed by atoms with Crippen LogP contribution in [0.25, 0.3) is 6.08 Å². The molecule has 2 aliphatic rings. The largest absolute Gasteiger partial charge is 0.488 e. The Bertz CT molecular complexity index is 853. The molecule has 23 heavy (non-hydrogen) atoms. The first-order chi connectivity index (χ1) is 11.0. The van der Waals surface area contributed by atoms with Gasteiger partial charge in [-0.25, -0.2) is 0 Å². The molecule has 0 fully saturated rings. The van der Waals surface area contributed by atoms with E-state index in [1.807, 2.05) is 36.4 Å². The first-order valence-corrected chi connectivity index (χ1v) is 7.10. The van der Waals surface area contributed by atoms with Crippen molar-refractivity contribution in [3.05, 3.63) is 58.2 Å². The lowest BCUT2D eigenvalue weighted by atomic mass is 9.93. The molecule has 0 aliphatic carbocycles. The fourth-order valence-electron chi connectivity index (χ4n) is 2.60. The molecule has 0 spiro atoms. The van der Waals surface area contributed by atoms with Gasteiger partial charge in [-0.3, -0.25) is 14.5 Å². The van der Waals surface area contributed by atoms with E-state index in [9.17, 15) is 9.59 Å². The van der Waals surface area contributed by atoms with Gasteiger partial charge in [0.1, 0.15) is 24.0 Å². The number of para-hydroxylation sites is 1. The molecule has 0 saturated carbocycles. The van der Waals surface area contributed by atoms with E-state index in [4.69, 9.17) is 10.00 Å². The van der Waals surface area contributed by atoms with E-state index in [1.54, 1.807) is 13.0 Å². The molecule has 2 amide bonds. The highest BCUT2D eigenvalue weighted by molar-refractivity contribution is 6.18. The van der Waals surface area contributed by atoms with Gasteiger partial charge in [0, 0.05) is 18.2 Å². The molecule has 0 bridgehead atoms. The third-order valence-electron chi connectivity index (χ3n) is 3.93. The summed E-state index contributed by atoms with van der Waals surface area (Å²) in [6.07, 6.45) is 3.63. The molecular formula is C18H14N2O3. The molecule has 5 nitrogen and oxygen atoms in total. The second kappa shape index (κ2) is 5.58. The van der Waals surface area contributed by atoms with Crippen molar-refractivity contribution in [1.82, 2.24) is 4.90 Å². The van der Waals surface area contributed by atoms with Gasteiger partial charge in [-0.2, -0.15) is 5.26 Å². The molecule has 3 rings (SSSR count). The number of ether oxygens (including phenoxy) is 1. The zero-order chi connectivity index (χ0) is 16.6. The molecule has 5 heteroatoms. The average molecular weight is 306 g/mol. The molecule has 2 aliphatic heterocycles. The predicted molar refractivity (Wildman–Crippen MR) is 84.1 cm³/mol. The van der Waals surface area contributed by atoms with E-state index in [0.29, 0.717) is 17.8 Å². The Morgan fingerprint density at radius 1 is 1.26 bits per heavy atom. The normalized spacial score (nSPS) is 19.3. The van der Waals surface area contributed by atoms with Crippen LogP contribution < -0.4 is 4.74 Å². The van der Waals surface area contributed by atoms with Crippen LogP contribution in [-0.4, -0.2) is 30.4 Å². The Kier molecular flexibility index (Phi) is 3.59. The number of benzene rings is 1. The summed E-state index contributed by atoms with van der Waals surface area (Å²) in [6, 6.07) is 9.49. The van der Waals surface area contributed by atoms with Crippen LogP contribution in [-0.2, 0) is 9.59 Å². The molecule has 114 valence electrons. The van der Waals surface area contributed by atoms with E-state index in [0.717, 1.165) is 21.8 Å². The molecule has 1 aromatic rings. The van der Waals surface area contributed by atoms with Gasteiger partial charge >= 0.3 is 0 Å². The number of carbonyl (C=O) groups is 2. The average Bonchev–Trinajstić information content (AvgIpc) is 2.57. The zero-order valence-electron chi connectivity index (χ0n) is 12.8. The minimum absolute atomic E-state index is 0.00363. The summed E-state index contributed by atoms with van der Waals surface area (Å²) in [6.45, 7) is 1.95. The van der Waals surface area contributed by atoms with Crippen molar-refractivity contribution in [2.45, 2.75) is 6.92 Å². The van der Waals surface area contributed by atoms with Crippen LogP contribution in [0.4, 0.5) is 0 Å². The van der Waals surface area contributed by atoms with Crippen LogP contribution in [0.3, 0.4) is 0 Å². The molecule has 1 aromatic carbocycles. The summed E-state index contributed by atoms with van der Waals surface area (Å²) in [4.78, 5) is 25.3. The minimum Gasteiger partial charge on any atom is -0.488 e. The van der Waals surface area contributed by atoms with Crippen molar-refractivity contribution in [3.63, 3.8) is 0 Å². The number of nitrogens with zero attached hydrogens (tertiary/aromatic N) is 2. The number of nitriles is 1. The topological polar surface area (TPSA) is 70.4 Å². The van der Waals surface area contributed by atoms with Crippen molar-refractivity contribution >= 4 is 17.9 Å². The van der Waals surface area contributed by atoms with Gasteiger partial charge in [-0.1, -0.05) is 18.2 Å². The number of hydrogen-bond donors (Lipinski definition) is 0. The van der Waals surface area contributed by atoms with E-state index >= 15 is 0 Å². The highest BCUT2D eigenvalue weighted by atomic mass is 16.5. The number of carbonyl (C=O) groups excluding carboxylic acids is 2. The summed E-state index contributed by atoms with van der Waals surface area (Å²) in [5.74, 6) is -0.181. The Labute approximate surface area is 133 Å². The van der Waals surface area contributed by atoms with Gasteiger partial charge in [0.05, 0.1) is 0 Å². The lowest BCUT2D eigenvalue weighted by molar-refractivity contribution is -0.138. The van der Waals surface area contributed by atoms with Crippen LogP contribution >= 0.6 is 0 Å². The lowest BCUT2D eigenvalue weighted by Gasteiger charge is -2.24. The van der Waals surface area contributed by atoms with E-state index in [1.165, 1.54) is 7.05 Å². The molecule has 0 radical (unpaired) electrons. The van der Waals surface area contributed by atoms with Crippen LogP contribution in [0.2, 0.25) is 0 Å². The molecular weight excluding hydrogens is 292 g/mol. The number of fused-ring (bicyclic) bond motifs is 1. The zero-order valence-corrected chi connectivity index (χ0v) is 12.8. The molecule has 2 heterocycles. The van der Waals surface area contributed by atoms with Gasteiger partial charge < -0.3 is 4.74 Å². The maximum atomic E-state index is 12.4. The van der Waals surface area contributed by atoms with Gasteiger partial charge in [0.25, 0.3) is 11.8 Å². The van der Waals surface area contributed by atoms with Gasteiger partial charge in [0.15, 0.2) is 0 Å². The Morgan fingerprint density at radius 2 is 2.00 bits per heavy atom. The van der Waals surface area contributed by atoms with E-state index < -0.39 is 11.8 Å². The SMILES string of the molecule is CC1=C(C#N)C(=O)N(C)C(=O)/C1=C/C1=Cc2ccccc2OC1. The Balaban J connectivity index is 2.08. The van der Waals surface area contributed by atoms with Gasteiger partial charge in [-0.15, -0.1) is 0 Å². The maximum Gasteiger partial charge on any atom is 0.271 e. The fraction of sp³-hybridized carbons (Fsp3) is 0.167. The van der Waals surface area contributed by atoms with Crippen LogP contribution in [0, 0.1) is 11.3 Å². The van der Waals surface area contributed by atoms with Crippen molar-refractivity contribution < 1.29 is 14.3 Å². The number of rotatable bonds is 1. The first kappa shape index (κ1) is 14.8. The number of likely N-dealkylation sites (N-methyl/N-ethyl adjacent to an activating group) is 1. The van der Waals surface area contributed by atoms with Crippen molar-refractivity contribution in [1.29, 1.82) is 5.26 Å². The van der Waals surface area contributed by atoms with Crippen molar-refractivity contribution in [2.75, 3.05) is 13.7 Å². The summed E-state index contributed by atoms with van der Waals surface area (Å²) in [5.41, 5.74) is 2.49. The summed E-state index contributed by atoms with van der Waals surface area (Å²) >= 11 is 0. The third kappa shape index (κ3) is 2.44. The number of imide groups is 1. The monoisotopic (exact) mass is 306 g/mol. The second-order valence-electron chi connectivity index (χ2n) is 5.38. The van der Waals surface area contributed by atoms with Crippen LogP contribution in [0.1, 0.15) is 12.5 Å². The van der Waals surface area contributed by atoms with Crippen molar-refractivity contribution in [3.8, 4) is 11.8 Å².